The average molecular weight is 277 g/mol. The number of methoxy groups -OCH3 is 1. The van der Waals surface area contributed by atoms with Crippen molar-refractivity contribution in [3.05, 3.63) is 29.3 Å². The zero-order valence-corrected chi connectivity index (χ0v) is 12.3. The largest absolute Gasteiger partial charge is 0.497 e. The van der Waals surface area contributed by atoms with E-state index in [0.717, 1.165) is 38.1 Å². The molecular formula is C16H23NO3. The van der Waals surface area contributed by atoms with Gasteiger partial charge >= 0.3 is 5.97 Å². The molecule has 1 saturated heterocycles. The molecular weight excluding hydrogens is 254 g/mol. The highest BCUT2D eigenvalue weighted by Gasteiger charge is 2.25. The number of carboxylic acids is 1. The van der Waals surface area contributed by atoms with Crippen LogP contribution in [0.2, 0.25) is 0 Å². The van der Waals surface area contributed by atoms with E-state index in [9.17, 15) is 4.79 Å². The van der Waals surface area contributed by atoms with Crippen LogP contribution in [0.1, 0.15) is 30.9 Å². The summed E-state index contributed by atoms with van der Waals surface area (Å²) >= 11 is 0. The Morgan fingerprint density at radius 2 is 2.25 bits per heavy atom. The number of rotatable bonds is 5. The van der Waals surface area contributed by atoms with Crippen molar-refractivity contribution in [2.24, 2.45) is 5.92 Å². The molecule has 2 rings (SSSR count). The third-order valence-corrected chi connectivity index (χ3v) is 4.04. The molecule has 4 heteroatoms. The fraction of sp³-hybridized carbons (Fsp3) is 0.562. The van der Waals surface area contributed by atoms with E-state index < -0.39 is 5.97 Å². The van der Waals surface area contributed by atoms with Gasteiger partial charge in [0.25, 0.3) is 0 Å². The van der Waals surface area contributed by atoms with Crippen molar-refractivity contribution in [3.8, 4) is 5.75 Å². The first kappa shape index (κ1) is 14.9. The van der Waals surface area contributed by atoms with Gasteiger partial charge in [-0.1, -0.05) is 13.0 Å². The fourth-order valence-electron chi connectivity index (χ4n) is 2.85. The number of nitrogens with zero attached hydrogens (tertiary/aromatic N) is 1. The maximum Gasteiger partial charge on any atom is 0.307 e. The molecule has 4 nitrogen and oxygen atoms in total. The molecule has 0 amide bonds. The van der Waals surface area contributed by atoms with Crippen LogP contribution in [0.25, 0.3) is 0 Å². The number of carboxylic acid groups (broad SMARTS) is 1. The Hall–Kier alpha value is -1.55. The van der Waals surface area contributed by atoms with Crippen LogP contribution in [0.4, 0.5) is 0 Å². The Labute approximate surface area is 120 Å². The lowest BCUT2D eigenvalue weighted by molar-refractivity contribution is -0.143. The van der Waals surface area contributed by atoms with Gasteiger partial charge in [-0.3, -0.25) is 9.69 Å². The fourth-order valence-corrected chi connectivity index (χ4v) is 2.85. The normalized spacial score (nSPS) is 19.8. The van der Waals surface area contributed by atoms with Crippen LogP contribution in [-0.4, -0.2) is 36.2 Å². The van der Waals surface area contributed by atoms with E-state index in [0.29, 0.717) is 6.54 Å². The van der Waals surface area contributed by atoms with Crippen molar-refractivity contribution >= 4 is 5.97 Å². The number of hydrogen-bond acceptors (Lipinski definition) is 3. The number of hydrogen-bond donors (Lipinski definition) is 1. The van der Waals surface area contributed by atoms with Crippen LogP contribution in [-0.2, 0) is 17.8 Å². The lowest BCUT2D eigenvalue weighted by Gasteiger charge is -2.31. The molecule has 1 N–H and O–H groups in total. The maximum atomic E-state index is 11.1. The van der Waals surface area contributed by atoms with Crippen molar-refractivity contribution < 1.29 is 14.6 Å². The number of benzene rings is 1. The number of ether oxygens (including phenoxy) is 1. The lowest BCUT2D eigenvalue weighted by atomic mass is 9.97. The summed E-state index contributed by atoms with van der Waals surface area (Å²) in [6, 6.07) is 6.16. The molecule has 1 unspecified atom stereocenters. The zero-order valence-electron chi connectivity index (χ0n) is 12.3. The summed E-state index contributed by atoms with van der Waals surface area (Å²) in [5, 5.41) is 9.15. The number of aryl methyl sites for hydroxylation is 1. The highest BCUT2D eigenvalue weighted by molar-refractivity contribution is 5.70. The second-order valence-electron chi connectivity index (χ2n) is 5.40. The van der Waals surface area contributed by atoms with Gasteiger partial charge in [0.1, 0.15) is 5.75 Å². The summed E-state index contributed by atoms with van der Waals surface area (Å²) in [4.78, 5) is 13.4. The molecule has 1 aromatic carbocycles. The Morgan fingerprint density at radius 3 is 2.90 bits per heavy atom. The zero-order chi connectivity index (χ0) is 14.5. The summed E-state index contributed by atoms with van der Waals surface area (Å²) in [7, 11) is 1.68. The van der Waals surface area contributed by atoms with Gasteiger partial charge in [0.15, 0.2) is 0 Å². The number of carbonyl (C=O) groups is 1. The van der Waals surface area contributed by atoms with E-state index in [1.807, 2.05) is 6.07 Å². The summed E-state index contributed by atoms with van der Waals surface area (Å²) < 4.78 is 5.26. The first-order valence-corrected chi connectivity index (χ1v) is 7.25. The summed E-state index contributed by atoms with van der Waals surface area (Å²) in [6.07, 6.45) is 2.73. The highest BCUT2D eigenvalue weighted by atomic mass is 16.5. The molecule has 1 aliphatic heterocycles. The Balaban J connectivity index is 2.07. The first-order chi connectivity index (χ1) is 9.63. The van der Waals surface area contributed by atoms with Crippen molar-refractivity contribution in [1.82, 2.24) is 4.90 Å². The molecule has 1 fully saturated rings. The molecule has 1 aliphatic rings. The van der Waals surface area contributed by atoms with Crippen molar-refractivity contribution in [2.45, 2.75) is 32.7 Å². The molecule has 0 saturated carbocycles. The van der Waals surface area contributed by atoms with Gasteiger partial charge in [0, 0.05) is 13.1 Å². The second-order valence-corrected chi connectivity index (χ2v) is 5.40. The van der Waals surface area contributed by atoms with E-state index in [-0.39, 0.29) is 5.92 Å². The molecule has 0 aliphatic carbocycles. The summed E-state index contributed by atoms with van der Waals surface area (Å²) in [5.41, 5.74) is 2.56. The van der Waals surface area contributed by atoms with Gasteiger partial charge in [0.2, 0.25) is 0 Å². The van der Waals surface area contributed by atoms with Crippen LogP contribution in [0.15, 0.2) is 18.2 Å². The SMILES string of the molecule is CCc1cc(OC)ccc1CN1CCCC(C(=O)O)C1. The van der Waals surface area contributed by atoms with E-state index in [1.165, 1.54) is 11.1 Å². The Morgan fingerprint density at radius 1 is 1.45 bits per heavy atom. The standard InChI is InChI=1S/C16H23NO3/c1-3-12-9-15(20-2)7-6-13(12)10-17-8-4-5-14(11-17)16(18)19/h6-7,9,14H,3-5,8,10-11H2,1-2H3,(H,18,19). The molecule has 0 bridgehead atoms. The molecule has 110 valence electrons. The summed E-state index contributed by atoms with van der Waals surface area (Å²) in [6.45, 7) is 4.61. The van der Waals surface area contributed by atoms with Gasteiger partial charge in [-0.05, 0) is 49.1 Å². The lowest BCUT2D eigenvalue weighted by Crippen LogP contribution is -2.38. The van der Waals surface area contributed by atoms with Crippen LogP contribution in [0, 0.1) is 5.92 Å². The third-order valence-electron chi connectivity index (χ3n) is 4.04. The van der Waals surface area contributed by atoms with Gasteiger partial charge in [-0.15, -0.1) is 0 Å². The Kier molecular flexibility index (Phi) is 5.01. The summed E-state index contributed by atoms with van der Waals surface area (Å²) in [5.74, 6) is -0.000113. The average Bonchev–Trinajstić information content (AvgIpc) is 2.48. The minimum atomic E-state index is -0.667. The topological polar surface area (TPSA) is 49.8 Å². The molecule has 1 heterocycles. The predicted molar refractivity (Wildman–Crippen MR) is 78.0 cm³/mol. The molecule has 0 aromatic heterocycles. The van der Waals surface area contributed by atoms with Crippen LogP contribution in [0.3, 0.4) is 0 Å². The first-order valence-electron chi connectivity index (χ1n) is 7.25. The monoisotopic (exact) mass is 277 g/mol. The number of likely N-dealkylation sites (tertiary alicyclic amines) is 1. The van der Waals surface area contributed by atoms with Gasteiger partial charge in [-0.25, -0.2) is 0 Å². The molecule has 0 radical (unpaired) electrons. The molecule has 20 heavy (non-hydrogen) atoms. The minimum Gasteiger partial charge on any atom is -0.497 e. The number of aliphatic carboxylic acids is 1. The van der Waals surface area contributed by atoms with Crippen molar-refractivity contribution in [3.63, 3.8) is 0 Å². The van der Waals surface area contributed by atoms with E-state index in [1.54, 1.807) is 7.11 Å². The van der Waals surface area contributed by atoms with Crippen LogP contribution < -0.4 is 4.74 Å². The highest BCUT2D eigenvalue weighted by Crippen LogP contribution is 2.23. The quantitative estimate of drug-likeness (QED) is 0.898. The van der Waals surface area contributed by atoms with E-state index >= 15 is 0 Å². The Bertz CT molecular complexity index is 473. The molecule has 1 atom stereocenters. The van der Waals surface area contributed by atoms with Gasteiger partial charge < -0.3 is 9.84 Å². The maximum absolute atomic E-state index is 11.1. The smallest absolute Gasteiger partial charge is 0.307 e. The van der Waals surface area contributed by atoms with E-state index in [4.69, 9.17) is 9.84 Å². The predicted octanol–water partition coefficient (Wildman–Crippen LogP) is 2.55. The van der Waals surface area contributed by atoms with Crippen molar-refractivity contribution in [2.75, 3.05) is 20.2 Å². The molecule has 1 aromatic rings. The van der Waals surface area contributed by atoms with E-state index in [2.05, 4.69) is 24.0 Å². The third kappa shape index (κ3) is 3.51. The minimum absolute atomic E-state index is 0.216. The van der Waals surface area contributed by atoms with Gasteiger partial charge in [0.05, 0.1) is 13.0 Å². The van der Waals surface area contributed by atoms with Crippen LogP contribution in [0.5, 0.6) is 5.75 Å². The van der Waals surface area contributed by atoms with Crippen molar-refractivity contribution in [1.29, 1.82) is 0 Å². The van der Waals surface area contributed by atoms with Gasteiger partial charge in [-0.2, -0.15) is 0 Å². The number of piperidine rings is 1. The second kappa shape index (κ2) is 6.75. The molecule has 0 spiro atoms. The van der Waals surface area contributed by atoms with Crippen LogP contribution >= 0.6 is 0 Å².